The first-order chi connectivity index (χ1) is 16.0. The standard InChI is InChI=1S/C23H24FN5O4/c1-4-11-32-22(30)20-14(2)25-23-26-27-28-29(23)21(20)15-9-10-18(19(12-15)31-3)33-13-16-7-5-6-8-17(16)24/h5-10,12,21H,4,11,13H2,1-3H3,(H,25,26,28). The topological polar surface area (TPSA) is 100 Å². The van der Waals surface area contributed by atoms with Crippen LogP contribution in [0.25, 0.3) is 0 Å². The fourth-order valence-corrected chi connectivity index (χ4v) is 3.60. The number of methoxy groups -OCH3 is 1. The smallest absolute Gasteiger partial charge is 0.338 e. The second kappa shape index (κ2) is 9.68. The van der Waals surface area contributed by atoms with E-state index in [0.717, 1.165) is 0 Å². The number of tetrazole rings is 1. The van der Waals surface area contributed by atoms with Gasteiger partial charge in [0.15, 0.2) is 11.5 Å². The van der Waals surface area contributed by atoms with E-state index >= 15 is 0 Å². The number of nitrogens with one attached hydrogen (secondary N) is 1. The molecule has 0 aliphatic carbocycles. The Morgan fingerprint density at radius 3 is 2.79 bits per heavy atom. The third-order valence-corrected chi connectivity index (χ3v) is 5.22. The molecular weight excluding hydrogens is 429 g/mol. The molecule has 1 atom stereocenters. The summed E-state index contributed by atoms with van der Waals surface area (Å²) in [5.74, 6) is 0.474. The van der Waals surface area contributed by atoms with E-state index in [9.17, 15) is 9.18 Å². The van der Waals surface area contributed by atoms with Gasteiger partial charge in [0.05, 0.1) is 19.3 Å². The fraction of sp³-hybridized carbons (Fsp3) is 0.304. The average Bonchev–Trinajstić information content (AvgIpc) is 3.29. The van der Waals surface area contributed by atoms with Crippen molar-refractivity contribution in [3.63, 3.8) is 0 Å². The zero-order chi connectivity index (χ0) is 23.4. The lowest BCUT2D eigenvalue weighted by Gasteiger charge is -2.27. The highest BCUT2D eigenvalue weighted by Gasteiger charge is 2.35. The molecule has 0 bridgehead atoms. The van der Waals surface area contributed by atoms with Crippen molar-refractivity contribution in [2.24, 2.45) is 0 Å². The molecule has 2 heterocycles. The first-order valence-corrected chi connectivity index (χ1v) is 10.5. The number of hydrogen-bond donors (Lipinski definition) is 1. The highest BCUT2D eigenvalue weighted by molar-refractivity contribution is 5.92. The minimum absolute atomic E-state index is 0.0421. The molecule has 0 saturated heterocycles. The third-order valence-electron chi connectivity index (χ3n) is 5.22. The summed E-state index contributed by atoms with van der Waals surface area (Å²) in [6.45, 7) is 4.05. The summed E-state index contributed by atoms with van der Waals surface area (Å²) in [4.78, 5) is 12.9. The third kappa shape index (κ3) is 4.50. The van der Waals surface area contributed by atoms with E-state index in [1.807, 2.05) is 6.92 Å². The number of hydrogen-bond acceptors (Lipinski definition) is 8. The molecule has 0 spiro atoms. The zero-order valence-corrected chi connectivity index (χ0v) is 18.5. The molecule has 0 saturated carbocycles. The molecule has 0 fully saturated rings. The molecule has 1 unspecified atom stereocenters. The number of carbonyl (C=O) groups is 1. The van der Waals surface area contributed by atoms with Gasteiger partial charge >= 0.3 is 5.97 Å². The van der Waals surface area contributed by atoms with Gasteiger partial charge in [-0.15, -0.1) is 0 Å². The Morgan fingerprint density at radius 2 is 2.03 bits per heavy atom. The largest absolute Gasteiger partial charge is 0.493 e. The number of carbonyl (C=O) groups excluding carboxylic acids is 1. The van der Waals surface area contributed by atoms with Crippen LogP contribution in [0.4, 0.5) is 10.3 Å². The average molecular weight is 453 g/mol. The highest BCUT2D eigenvalue weighted by Crippen LogP contribution is 2.38. The van der Waals surface area contributed by atoms with Crippen molar-refractivity contribution >= 4 is 11.9 Å². The van der Waals surface area contributed by atoms with Crippen molar-refractivity contribution in [2.75, 3.05) is 19.0 Å². The number of halogens is 1. The van der Waals surface area contributed by atoms with E-state index in [4.69, 9.17) is 14.2 Å². The van der Waals surface area contributed by atoms with E-state index in [2.05, 4.69) is 20.8 Å². The number of ether oxygens (including phenoxy) is 3. The predicted molar refractivity (Wildman–Crippen MR) is 117 cm³/mol. The molecule has 1 aliphatic heterocycles. The van der Waals surface area contributed by atoms with Crippen molar-refractivity contribution in [3.8, 4) is 11.5 Å². The minimum Gasteiger partial charge on any atom is -0.493 e. The molecule has 1 aromatic heterocycles. The maximum atomic E-state index is 13.9. The molecule has 33 heavy (non-hydrogen) atoms. The van der Waals surface area contributed by atoms with Crippen LogP contribution in [-0.2, 0) is 16.1 Å². The summed E-state index contributed by atoms with van der Waals surface area (Å²) in [7, 11) is 1.51. The van der Waals surface area contributed by atoms with Gasteiger partial charge in [-0.2, -0.15) is 4.68 Å². The fourth-order valence-electron chi connectivity index (χ4n) is 3.60. The normalized spacial score (nSPS) is 15.0. The Hall–Kier alpha value is -3.95. The van der Waals surface area contributed by atoms with Crippen molar-refractivity contribution in [2.45, 2.75) is 32.9 Å². The first kappa shape index (κ1) is 22.3. The van der Waals surface area contributed by atoms with Crippen LogP contribution >= 0.6 is 0 Å². The van der Waals surface area contributed by atoms with Gasteiger partial charge in [-0.1, -0.05) is 36.3 Å². The quantitative estimate of drug-likeness (QED) is 0.516. The lowest BCUT2D eigenvalue weighted by molar-refractivity contribution is -0.139. The second-order valence-corrected chi connectivity index (χ2v) is 7.44. The lowest BCUT2D eigenvalue weighted by Crippen LogP contribution is -2.29. The van der Waals surface area contributed by atoms with Crippen LogP contribution in [0, 0.1) is 5.82 Å². The van der Waals surface area contributed by atoms with Crippen molar-refractivity contribution < 1.29 is 23.4 Å². The van der Waals surface area contributed by atoms with Gasteiger partial charge in [-0.3, -0.25) is 0 Å². The van der Waals surface area contributed by atoms with E-state index in [1.165, 1.54) is 17.9 Å². The summed E-state index contributed by atoms with van der Waals surface area (Å²) < 4.78 is 32.2. The van der Waals surface area contributed by atoms with Crippen molar-refractivity contribution in [3.05, 3.63) is 70.7 Å². The Morgan fingerprint density at radius 1 is 1.21 bits per heavy atom. The summed E-state index contributed by atoms with van der Waals surface area (Å²) in [5, 5.41) is 14.8. The van der Waals surface area contributed by atoms with Gasteiger partial charge in [0, 0.05) is 11.3 Å². The van der Waals surface area contributed by atoms with Crippen molar-refractivity contribution in [1.82, 2.24) is 20.2 Å². The molecule has 0 radical (unpaired) electrons. The number of allylic oxidation sites excluding steroid dienone is 1. The number of anilines is 1. The first-order valence-electron chi connectivity index (χ1n) is 10.5. The van der Waals surface area contributed by atoms with Crippen LogP contribution in [-0.4, -0.2) is 39.9 Å². The highest BCUT2D eigenvalue weighted by atomic mass is 19.1. The van der Waals surface area contributed by atoms with Crippen LogP contribution in [0.2, 0.25) is 0 Å². The summed E-state index contributed by atoms with van der Waals surface area (Å²) in [5.41, 5.74) is 2.12. The van der Waals surface area contributed by atoms with Gasteiger partial charge < -0.3 is 19.5 Å². The van der Waals surface area contributed by atoms with Gasteiger partial charge in [-0.05, 0) is 47.5 Å². The van der Waals surface area contributed by atoms with Crippen LogP contribution < -0.4 is 14.8 Å². The van der Waals surface area contributed by atoms with Gasteiger partial charge in [0.25, 0.3) is 0 Å². The number of esters is 1. The minimum atomic E-state index is -0.630. The Balaban J connectivity index is 1.67. The zero-order valence-electron chi connectivity index (χ0n) is 18.5. The van der Waals surface area contributed by atoms with E-state index in [1.54, 1.807) is 43.3 Å². The maximum Gasteiger partial charge on any atom is 0.338 e. The predicted octanol–water partition coefficient (Wildman–Crippen LogP) is 3.64. The SMILES string of the molecule is CCCOC(=O)C1=C(C)Nc2nnnn2C1c1ccc(OCc2ccccc2F)c(OC)c1. The maximum absolute atomic E-state index is 13.9. The molecule has 172 valence electrons. The van der Waals surface area contributed by atoms with Gasteiger partial charge in [0.2, 0.25) is 5.95 Å². The van der Waals surface area contributed by atoms with Crippen LogP contribution in [0.3, 0.4) is 0 Å². The van der Waals surface area contributed by atoms with E-state index in [-0.39, 0.29) is 12.4 Å². The summed E-state index contributed by atoms with van der Waals surface area (Å²) in [6.07, 6.45) is 0.703. The molecule has 3 aromatic rings. The van der Waals surface area contributed by atoms with Gasteiger partial charge in [0.1, 0.15) is 18.5 Å². The number of nitrogens with zero attached hydrogens (tertiary/aromatic N) is 4. The monoisotopic (exact) mass is 453 g/mol. The van der Waals surface area contributed by atoms with E-state index in [0.29, 0.717) is 52.9 Å². The number of rotatable bonds is 8. The van der Waals surface area contributed by atoms with E-state index < -0.39 is 12.0 Å². The second-order valence-electron chi connectivity index (χ2n) is 7.44. The van der Waals surface area contributed by atoms with Crippen LogP contribution in [0.15, 0.2) is 53.7 Å². The Bertz CT molecular complexity index is 1190. The molecule has 0 amide bonds. The molecule has 1 aliphatic rings. The lowest BCUT2D eigenvalue weighted by atomic mass is 9.95. The molecule has 9 nitrogen and oxygen atoms in total. The molecular formula is C23H24FN5O4. The van der Waals surface area contributed by atoms with Crippen LogP contribution in [0.5, 0.6) is 11.5 Å². The summed E-state index contributed by atoms with van der Waals surface area (Å²) >= 11 is 0. The number of benzene rings is 2. The Labute approximate surface area is 190 Å². The van der Waals surface area contributed by atoms with Crippen molar-refractivity contribution in [1.29, 1.82) is 0 Å². The summed E-state index contributed by atoms with van der Waals surface area (Å²) in [6, 6.07) is 11.0. The van der Waals surface area contributed by atoms with Gasteiger partial charge in [-0.25, -0.2) is 9.18 Å². The molecule has 2 aromatic carbocycles. The molecule has 10 heteroatoms. The Kier molecular flexibility index (Phi) is 6.53. The van der Waals surface area contributed by atoms with Crippen LogP contribution in [0.1, 0.15) is 37.4 Å². The number of aromatic nitrogens is 4. The molecule has 4 rings (SSSR count). The molecule has 1 N–H and O–H groups in total. The number of fused-ring (bicyclic) bond motifs is 1.